The number of hydrogen-bond acceptors (Lipinski definition) is 1. The van der Waals surface area contributed by atoms with Gasteiger partial charge in [-0.3, -0.25) is 0 Å². The van der Waals surface area contributed by atoms with E-state index in [1.165, 1.54) is 0 Å². The van der Waals surface area contributed by atoms with Gasteiger partial charge >= 0.3 is 0 Å². The molecule has 94 valence electrons. The highest BCUT2D eigenvalue weighted by molar-refractivity contribution is 6.31. The van der Waals surface area contributed by atoms with E-state index in [0.717, 1.165) is 34.1 Å². The Balaban J connectivity index is 1.85. The largest absolute Gasteiger partial charge is 0.344 e. The SMILES string of the molecule is Clc1ccccc1Cc1c[nH]c(-c2ccccc2)n1. The summed E-state index contributed by atoms with van der Waals surface area (Å²) in [6.07, 6.45) is 2.68. The van der Waals surface area contributed by atoms with Crippen LogP contribution in [0.25, 0.3) is 11.4 Å². The maximum Gasteiger partial charge on any atom is 0.137 e. The summed E-state index contributed by atoms with van der Waals surface area (Å²) in [6.45, 7) is 0. The molecule has 0 aliphatic rings. The Labute approximate surface area is 117 Å². The first-order valence-electron chi connectivity index (χ1n) is 6.16. The van der Waals surface area contributed by atoms with Crippen molar-refractivity contribution in [1.82, 2.24) is 9.97 Å². The van der Waals surface area contributed by atoms with E-state index in [0.29, 0.717) is 0 Å². The van der Waals surface area contributed by atoms with Gasteiger partial charge < -0.3 is 4.98 Å². The molecule has 1 heterocycles. The van der Waals surface area contributed by atoms with Crippen molar-refractivity contribution in [2.75, 3.05) is 0 Å². The van der Waals surface area contributed by atoms with Gasteiger partial charge in [0.1, 0.15) is 5.82 Å². The van der Waals surface area contributed by atoms with Crippen molar-refractivity contribution in [3.63, 3.8) is 0 Å². The number of halogens is 1. The quantitative estimate of drug-likeness (QED) is 0.753. The number of nitrogens with zero attached hydrogens (tertiary/aromatic N) is 1. The lowest BCUT2D eigenvalue weighted by Gasteiger charge is -2.00. The lowest BCUT2D eigenvalue weighted by Crippen LogP contribution is -1.89. The van der Waals surface area contributed by atoms with Crippen molar-refractivity contribution in [2.45, 2.75) is 6.42 Å². The fraction of sp³-hybridized carbons (Fsp3) is 0.0625. The summed E-state index contributed by atoms with van der Waals surface area (Å²) in [7, 11) is 0. The fourth-order valence-corrected chi connectivity index (χ4v) is 2.23. The molecule has 2 nitrogen and oxygen atoms in total. The molecule has 3 rings (SSSR count). The van der Waals surface area contributed by atoms with Gasteiger partial charge in [0.25, 0.3) is 0 Å². The van der Waals surface area contributed by atoms with Crippen LogP contribution in [0.4, 0.5) is 0 Å². The van der Waals surface area contributed by atoms with Crippen LogP contribution < -0.4 is 0 Å². The molecule has 1 aromatic heterocycles. The number of imidazole rings is 1. The molecule has 0 aliphatic heterocycles. The van der Waals surface area contributed by atoms with E-state index in [1.54, 1.807) is 0 Å². The van der Waals surface area contributed by atoms with E-state index >= 15 is 0 Å². The molecule has 0 aliphatic carbocycles. The monoisotopic (exact) mass is 268 g/mol. The summed E-state index contributed by atoms with van der Waals surface area (Å²) in [5, 5.41) is 0.784. The smallest absolute Gasteiger partial charge is 0.137 e. The molecule has 0 amide bonds. The standard InChI is InChI=1S/C16H13ClN2/c17-15-9-5-4-8-13(15)10-14-11-18-16(19-14)12-6-2-1-3-7-12/h1-9,11H,10H2,(H,18,19). The number of rotatable bonds is 3. The van der Waals surface area contributed by atoms with E-state index in [4.69, 9.17) is 11.6 Å². The molecule has 0 saturated carbocycles. The molecule has 0 radical (unpaired) electrons. The van der Waals surface area contributed by atoms with Gasteiger partial charge in [0.15, 0.2) is 0 Å². The molecular formula is C16H13ClN2. The van der Waals surface area contributed by atoms with Crippen LogP contribution in [-0.4, -0.2) is 9.97 Å². The second-order valence-electron chi connectivity index (χ2n) is 4.37. The first kappa shape index (κ1) is 12.0. The summed E-state index contributed by atoms with van der Waals surface area (Å²) in [5.41, 5.74) is 3.18. The van der Waals surface area contributed by atoms with Crippen LogP contribution in [0.1, 0.15) is 11.3 Å². The predicted molar refractivity (Wildman–Crippen MR) is 78.3 cm³/mol. The van der Waals surface area contributed by atoms with Gasteiger partial charge in [0.05, 0.1) is 5.69 Å². The van der Waals surface area contributed by atoms with E-state index in [9.17, 15) is 0 Å². The van der Waals surface area contributed by atoms with Gasteiger partial charge in [-0.25, -0.2) is 4.98 Å². The zero-order valence-electron chi connectivity index (χ0n) is 10.3. The molecule has 3 heteroatoms. The third kappa shape index (κ3) is 2.69. The second-order valence-corrected chi connectivity index (χ2v) is 4.78. The Morgan fingerprint density at radius 1 is 0.947 bits per heavy atom. The number of nitrogens with one attached hydrogen (secondary N) is 1. The Kier molecular flexibility index (Phi) is 3.34. The third-order valence-electron chi connectivity index (χ3n) is 3.01. The summed E-state index contributed by atoms with van der Waals surface area (Å²) in [6, 6.07) is 17.9. The summed E-state index contributed by atoms with van der Waals surface area (Å²) < 4.78 is 0. The van der Waals surface area contributed by atoms with Crippen LogP contribution in [0.2, 0.25) is 5.02 Å². The highest BCUT2D eigenvalue weighted by atomic mass is 35.5. The maximum atomic E-state index is 6.16. The highest BCUT2D eigenvalue weighted by Crippen LogP contribution is 2.20. The maximum absolute atomic E-state index is 6.16. The van der Waals surface area contributed by atoms with Crippen LogP contribution >= 0.6 is 11.6 Å². The predicted octanol–water partition coefficient (Wildman–Crippen LogP) is 4.32. The van der Waals surface area contributed by atoms with Crippen LogP contribution in [-0.2, 0) is 6.42 Å². The lowest BCUT2D eigenvalue weighted by atomic mass is 10.1. The molecule has 1 N–H and O–H groups in total. The molecule has 2 aromatic carbocycles. The van der Waals surface area contributed by atoms with E-state index < -0.39 is 0 Å². The minimum atomic E-state index is 0.739. The molecule has 3 aromatic rings. The summed E-state index contributed by atoms with van der Waals surface area (Å²) in [5.74, 6) is 0.891. The van der Waals surface area contributed by atoms with Gasteiger partial charge in [0.2, 0.25) is 0 Å². The molecule has 0 bridgehead atoms. The molecule has 0 saturated heterocycles. The zero-order valence-corrected chi connectivity index (χ0v) is 11.1. The topological polar surface area (TPSA) is 28.7 Å². The number of H-pyrrole nitrogens is 1. The van der Waals surface area contributed by atoms with Gasteiger partial charge in [0, 0.05) is 23.2 Å². The third-order valence-corrected chi connectivity index (χ3v) is 3.38. The van der Waals surface area contributed by atoms with Crippen molar-refractivity contribution in [2.24, 2.45) is 0 Å². The number of aromatic amines is 1. The van der Waals surface area contributed by atoms with Gasteiger partial charge in [-0.05, 0) is 11.6 Å². The molecule has 0 unspecified atom stereocenters. The number of benzene rings is 2. The van der Waals surface area contributed by atoms with E-state index in [1.807, 2.05) is 60.8 Å². The van der Waals surface area contributed by atoms with Crippen LogP contribution in [0.3, 0.4) is 0 Å². The first-order chi connectivity index (χ1) is 9.33. The zero-order chi connectivity index (χ0) is 13.1. The molecular weight excluding hydrogens is 256 g/mol. The van der Waals surface area contributed by atoms with Crippen molar-refractivity contribution >= 4 is 11.6 Å². The molecule has 0 atom stereocenters. The number of hydrogen-bond donors (Lipinski definition) is 1. The normalized spacial score (nSPS) is 10.6. The Morgan fingerprint density at radius 3 is 2.47 bits per heavy atom. The van der Waals surface area contributed by atoms with Crippen LogP contribution in [0.5, 0.6) is 0 Å². The second kappa shape index (κ2) is 5.29. The first-order valence-corrected chi connectivity index (χ1v) is 6.54. The minimum absolute atomic E-state index is 0.739. The van der Waals surface area contributed by atoms with Crippen molar-refractivity contribution in [3.8, 4) is 11.4 Å². The average Bonchev–Trinajstić information content (AvgIpc) is 2.91. The van der Waals surface area contributed by atoms with Gasteiger partial charge in [-0.1, -0.05) is 60.1 Å². The van der Waals surface area contributed by atoms with E-state index in [2.05, 4.69) is 9.97 Å². The molecule has 0 fully saturated rings. The summed E-state index contributed by atoms with van der Waals surface area (Å²) >= 11 is 6.16. The number of aromatic nitrogens is 2. The van der Waals surface area contributed by atoms with Gasteiger partial charge in [-0.2, -0.15) is 0 Å². The molecule has 19 heavy (non-hydrogen) atoms. The van der Waals surface area contributed by atoms with Crippen molar-refractivity contribution < 1.29 is 0 Å². The fourth-order valence-electron chi connectivity index (χ4n) is 2.03. The highest BCUT2D eigenvalue weighted by Gasteiger charge is 2.06. The summed E-state index contributed by atoms with van der Waals surface area (Å²) in [4.78, 5) is 7.81. The Hall–Kier alpha value is -2.06. The van der Waals surface area contributed by atoms with E-state index in [-0.39, 0.29) is 0 Å². The minimum Gasteiger partial charge on any atom is -0.344 e. The lowest BCUT2D eigenvalue weighted by molar-refractivity contribution is 1.11. The Bertz CT molecular complexity index is 674. The Morgan fingerprint density at radius 2 is 1.68 bits per heavy atom. The van der Waals surface area contributed by atoms with Crippen molar-refractivity contribution in [1.29, 1.82) is 0 Å². The van der Waals surface area contributed by atoms with Crippen LogP contribution in [0.15, 0.2) is 60.8 Å². The van der Waals surface area contributed by atoms with Crippen molar-refractivity contribution in [3.05, 3.63) is 77.1 Å². The average molecular weight is 269 g/mol. The molecule has 0 spiro atoms. The van der Waals surface area contributed by atoms with Gasteiger partial charge in [-0.15, -0.1) is 0 Å². The van der Waals surface area contributed by atoms with Crippen LogP contribution in [0, 0.1) is 0 Å².